The predicted octanol–water partition coefficient (Wildman–Crippen LogP) is 2.30. The van der Waals surface area contributed by atoms with Crippen molar-refractivity contribution in [2.45, 2.75) is 26.4 Å². The Hall–Kier alpha value is -2.14. The monoisotopic (exact) mass is 259 g/mol. The van der Waals surface area contributed by atoms with Gasteiger partial charge in [0.2, 0.25) is 5.88 Å². The average molecular weight is 259 g/mol. The number of nitrogens with two attached hydrogens (primary N) is 1. The molecule has 0 fully saturated rings. The number of hydrogen-bond donors (Lipinski definition) is 2. The maximum Gasteiger partial charge on any atom is 0.227 e. The maximum atomic E-state index is 9.11. The van der Waals surface area contributed by atoms with Crippen LogP contribution in [0.5, 0.6) is 11.6 Å². The van der Waals surface area contributed by atoms with Crippen molar-refractivity contribution < 1.29 is 9.84 Å². The zero-order chi connectivity index (χ0) is 13.7. The van der Waals surface area contributed by atoms with Gasteiger partial charge < -0.3 is 15.6 Å². The molecule has 0 atom stereocenters. The van der Waals surface area contributed by atoms with Crippen molar-refractivity contribution in [1.82, 2.24) is 9.97 Å². The molecule has 0 unspecified atom stereocenters. The lowest BCUT2D eigenvalue weighted by molar-refractivity contribution is 0.281. The van der Waals surface area contributed by atoms with Crippen LogP contribution in [0.4, 0.5) is 5.82 Å². The molecule has 100 valence electrons. The molecule has 0 aliphatic heterocycles. The molecule has 0 saturated heterocycles. The van der Waals surface area contributed by atoms with E-state index in [2.05, 4.69) is 16.9 Å². The number of rotatable bonds is 5. The molecule has 2 aromatic rings. The van der Waals surface area contributed by atoms with Crippen molar-refractivity contribution in [2.75, 3.05) is 5.73 Å². The van der Waals surface area contributed by atoms with Crippen LogP contribution in [-0.4, -0.2) is 15.1 Å². The first-order chi connectivity index (χ1) is 9.24. The molecular weight excluding hydrogens is 242 g/mol. The van der Waals surface area contributed by atoms with Gasteiger partial charge in [-0.2, -0.15) is 0 Å². The summed E-state index contributed by atoms with van der Waals surface area (Å²) in [4.78, 5) is 8.11. The Labute approximate surface area is 112 Å². The Morgan fingerprint density at radius 1 is 1.32 bits per heavy atom. The SMILES string of the molecule is CCCc1c(N)ncnc1Oc1cccc(CO)c1. The summed E-state index contributed by atoms with van der Waals surface area (Å²) in [5.41, 5.74) is 7.45. The number of nitrogen functional groups attached to an aromatic ring is 1. The van der Waals surface area contributed by atoms with Crippen LogP contribution in [-0.2, 0) is 13.0 Å². The Morgan fingerprint density at radius 2 is 2.16 bits per heavy atom. The molecule has 0 saturated carbocycles. The summed E-state index contributed by atoms with van der Waals surface area (Å²) < 4.78 is 5.74. The van der Waals surface area contributed by atoms with Crippen molar-refractivity contribution in [3.8, 4) is 11.6 Å². The highest BCUT2D eigenvalue weighted by Gasteiger charge is 2.10. The molecule has 1 aromatic heterocycles. The smallest absolute Gasteiger partial charge is 0.227 e. The van der Waals surface area contributed by atoms with Crippen molar-refractivity contribution in [3.63, 3.8) is 0 Å². The van der Waals surface area contributed by atoms with E-state index in [1.165, 1.54) is 6.33 Å². The van der Waals surface area contributed by atoms with E-state index in [1.807, 2.05) is 18.2 Å². The first-order valence-electron chi connectivity index (χ1n) is 6.21. The fraction of sp³-hybridized carbons (Fsp3) is 0.286. The quantitative estimate of drug-likeness (QED) is 0.861. The van der Waals surface area contributed by atoms with Gasteiger partial charge in [-0.1, -0.05) is 25.5 Å². The van der Waals surface area contributed by atoms with E-state index in [1.54, 1.807) is 6.07 Å². The third-order valence-corrected chi connectivity index (χ3v) is 2.73. The lowest BCUT2D eigenvalue weighted by atomic mass is 10.2. The highest BCUT2D eigenvalue weighted by Crippen LogP contribution is 2.27. The lowest BCUT2D eigenvalue weighted by Gasteiger charge is -2.11. The zero-order valence-electron chi connectivity index (χ0n) is 10.8. The molecule has 0 radical (unpaired) electrons. The summed E-state index contributed by atoms with van der Waals surface area (Å²) in [6, 6.07) is 7.24. The van der Waals surface area contributed by atoms with Crippen LogP contribution in [0, 0.1) is 0 Å². The molecule has 0 aliphatic rings. The number of benzene rings is 1. The van der Waals surface area contributed by atoms with Crippen molar-refractivity contribution >= 4 is 5.82 Å². The zero-order valence-corrected chi connectivity index (χ0v) is 10.8. The summed E-state index contributed by atoms with van der Waals surface area (Å²) >= 11 is 0. The van der Waals surface area contributed by atoms with Crippen molar-refractivity contribution in [2.24, 2.45) is 0 Å². The van der Waals surface area contributed by atoms with Crippen molar-refractivity contribution in [3.05, 3.63) is 41.7 Å². The summed E-state index contributed by atoms with van der Waals surface area (Å²) in [6.45, 7) is 2.04. The standard InChI is InChI=1S/C14H17N3O2/c1-2-4-12-13(15)16-9-17-14(12)19-11-6-3-5-10(7-11)8-18/h3,5-7,9,18H,2,4,8H2,1H3,(H2,15,16,17). The van der Waals surface area contributed by atoms with E-state index in [0.717, 1.165) is 24.0 Å². The Morgan fingerprint density at radius 3 is 2.89 bits per heavy atom. The number of ether oxygens (including phenoxy) is 1. The van der Waals surface area contributed by atoms with Gasteiger partial charge in [0.1, 0.15) is 17.9 Å². The number of anilines is 1. The Bertz CT molecular complexity index is 558. The second-order valence-electron chi connectivity index (χ2n) is 4.20. The van der Waals surface area contributed by atoms with Crippen molar-refractivity contribution in [1.29, 1.82) is 0 Å². The third kappa shape index (κ3) is 3.20. The number of aliphatic hydroxyl groups excluding tert-OH is 1. The molecule has 0 spiro atoms. The number of aliphatic hydroxyl groups is 1. The fourth-order valence-electron chi connectivity index (χ4n) is 1.80. The Balaban J connectivity index is 2.29. The van der Waals surface area contributed by atoms with E-state index in [-0.39, 0.29) is 6.61 Å². The molecule has 5 nitrogen and oxygen atoms in total. The van der Waals surface area contributed by atoms with Gasteiger partial charge in [-0.3, -0.25) is 0 Å². The molecule has 0 amide bonds. The minimum atomic E-state index is -0.0229. The summed E-state index contributed by atoms with van der Waals surface area (Å²) in [5, 5.41) is 9.11. The fourth-order valence-corrected chi connectivity index (χ4v) is 1.80. The molecule has 0 bridgehead atoms. The van der Waals surface area contributed by atoms with Gasteiger partial charge in [0, 0.05) is 0 Å². The summed E-state index contributed by atoms with van der Waals surface area (Å²) in [5.74, 6) is 1.55. The molecule has 1 heterocycles. The number of hydrogen-bond acceptors (Lipinski definition) is 5. The van der Waals surface area contributed by atoms with Crippen LogP contribution in [0.25, 0.3) is 0 Å². The largest absolute Gasteiger partial charge is 0.439 e. The van der Waals surface area contributed by atoms with Gasteiger partial charge >= 0.3 is 0 Å². The van der Waals surface area contributed by atoms with Gasteiger partial charge in [-0.15, -0.1) is 0 Å². The van der Waals surface area contributed by atoms with E-state index in [4.69, 9.17) is 15.6 Å². The van der Waals surface area contributed by atoms with E-state index in [0.29, 0.717) is 17.4 Å². The minimum absolute atomic E-state index is 0.0229. The van der Waals surface area contributed by atoms with Crippen LogP contribution in [0.2, 0.25) is 0 Å². The third-order valence-electron chi connectivity index (χ3n) is 2.73. The first kappa shape index (κ1) is 13.3. The maximum absolute atomic E-state index is 9.11. The first-order valence-corrected chi connectivity index (χ1v) is 6.21. The molecule has 1 aromatic carbocycles. The Kier molecular flexibility index (Phi) is 4.30. The highest BCUT2D eigenvalue weighted by molar-refractivity contribution is 5.46. The predicted molar refractivity (Wildman–Crippen MR) is 72.9 cm³/mol. The van der Waals surface area contributed by atoms with Crippen LogP contribution in [0.3, 0.4) is 0 Å². The van der Waals surface area contributed by atoms with Gasteiger partial charge in [-0.25, -0.2) is 9.97 Å². The normalized spacial score (nSPS) is 10.4. The summed E-state index contributed by atoms with van der Waals surface area (Å²) in [6.07, 6.45) is 3.09. The molecule has 5 heteroatoms. The van der Waals surface area contributed by atoms with Crippen LogP contribution >= 0.6 is 0 Å². The van der Waals surface area contributed by atoms with E-state index >= 15 is 0 Å². The van der Waals surface area contributed by atoms with Crippen LogP contribution < -0.4 is 10.5 Å². The summed E-state index contributed by atoms with van der Waals surface area (Å²) in [7, 11) is 0. The molecule has 19 heavy (non-hydrogen) atoms. The van der Waals surface area contributed by atoms with Crippen LogP contribution in [0.15, 0.2) is 30.6 Å². The molecular formula is C14H17N3O2. The average Bonchev–Trinajstić information content (AvgIpc) is 2.43. The van der Waals surface area contributed by atoms with E-state index in [9.17, 15) is 0 Å². The van der Waals surface area contributed by atoms with Crippen LogP contribution in [0.1, 0.15) is 24.5 Å². The van der Waals surface area contributed by atoms with E-state index < -0.39 is 0 Å². The number of aromatic nitrogens is 2. The molecule has 0 aliphatic carbocycles. The highest BCUT2D eigenvalue weighted by atomic mass is 16.5. The number of nitrogens with zero attached hydrogens (tertiary/aromatic N) is 2. The van der Waals surface area contributed by atoms with Gasteiger partial charge in [0.25, 0.3) is 0 Å². The lowest BCUT2D eigenvalue weighted by Crippen LogP contribution is -2.02. The second-order valence-corrected chi connectivity index (χ2v) is 4.20. The van der Waals surface area contributed by atoms with Gasteiger partial charge in [0.05, 0.1) is 12.2 Å². The molecule has 3 N–H and O–H groups in total. The minimum Gasteiger partial charge on any atom is -0.439 e. The second kappa shape index (κ2) is 6.15. The van der Waals surface area contributed by atoms with Gasteiger partial charge in [-0.05, 0) is 24.1 Å². The van der Waals surface area contributed by atoms with Gasteiger partial charge in [0.15, 0.2) is 0 Å². The topological polar surface area (TPSA) is 81.3 Å². The molecule has 2 rings (SSSR count).